The monoisotopic (exact) mass is 404 g/mol. The molecule has 0 radical (unpaired) electrons. The van der Waals surface area contributed by atoms with Crippen LogP contribution >= 0.6 is 48.0 Å². The SMILES string of the molecule is CCOc1c(Cl)cc(Cl)cc1CNCCN1CCOCC1.Cl.Cl. The summed E-state index contributed by atoms with van der Waals surface area (Å²) in [6, 6.07) is 3.62. The van der Waals surface area contributed by atoms with Crippen molar-refractivity contribution in [3.05, 3.63) is 27.7 Å². The standard InChI is InChI=1S/C15H22Cl2N2O2.2ClH/c1-2-21-15-12(9-13(16)10-14(15)17)11-18-3-4-19-5-7-20-8-6-19;;/h9-10,18H,2-8,11H2,1H3;2*1H. The van der Waals surface area contributed by atoms with Gasteiger partial charge in [-0.25, -0.2) is 0 Å². The van der Waals surface area contributed by atoms with Crippen LogP contribution in [0, 0.1) is 0 Å². The van der Waals surface area contributed by atoms with Crippen LogP contribution in [0.25, 0.3) is 0 Å². The largest absolute Gasteiger partial charge is 0.492 e. The Labute approximate surface area is 160 Å². The molecule has 1 saturated heterocycles. The van der Waals surface area contributed by atoms with E-state index in [1.54, 1.807) is 6.07 Å². The first-order valence-corrected chi connectivity index (χ1v) is 8.08. The molecule has 23 heavy (non-hydrogen) atoms. The van der Waals surface area contributed by atoms with Crippen molar-refractivity contribution in [2.24, 2.45) is 0 Å². The number of nitrogens with zero attached hydrogens (tertiary/aromatic N) is 1. The lowest BCUT2D eigenvalue weighted by atomic mass is 10.2. The Morgan fingerprint density at radius 3 is 2.57 bits per heavy atom. The van der Waals surface area contributed by atoms with Gasteiger partial charge in [-0.15, -0.1) is 24.8 Å². The molecule has 0 saturated carbocycles. The van der Waals surface area contributed by atoms with Gasteiger partial charge in [-0.05, 0) is 19.1 Å². The third-order valence-corrected chi connectivity index (χ3v) is 3.90. The number of nitrogens with one attached hydrogen (secondary N) is 1. The molecule has 4 nitrogen and oxygen atoms in total. The normalized spacial score (nSPS) is 14.7. The van der Waals surface area contributed by atoms with Crippen LogP contribution in [-0.4, -0.2) is 50.9 Å². The lowest BCUT2D eigenvalue weighted by molar-refractivity contribution is 0.0384. The molecule has 2 rings (SSSR count). The van der Waals surface area contributed by atoms with Crippen LogP contribution in [0.5, 0.6) is 5.75 Å². The summed E-state index contributed by atoms with van der Waals surface area (Å²) in [4.78, 5) is 2.39. The van der Waals surface area contributed by atoms with Crippen LogP contribution in [-0.2, 0) is 11.3 Å². The molecular weight excluding hydrogens is 382 g/mol. The topological polar surface area (TPSA) is 33.7 Å². The molecule has 1 N–H and O–H groups in total. The highest BCUT2D eigenvalue weighted by Crippen LogP contribution is 2.32. The van der Waals surface area contributed by atoms with Crippen LogP contribution in [0.2, 0.25) is 10.0 Å². The molecule has 0 amide bonds. The summed E-state index contributed by atoms with van der Waals surface area (Å²) in [6.07, 6.45) is 0. The van der Waals surface area contributed by atoms with Crippen molar-refractivity contribution >= 4 is 48.0 Å². The van der Waals surface area contributed by atoms with Gasteiger partial charge < -0.3 is 14.8 Å². The fraction of sp³-hybridized carbons (Fsp3) is 0.600. The molecule has 0 aromatic heterocycles. The molecular formula is C15H24Cl4N2O2. The Bertz CT molecular complexity index is 457. The van der Waals surface area contributed by atoms with Crippen molar-refractivity contribution in [2.45, 2.75) is 13.5 Å². The Balaban J connectivity index is 0.00000242. The van der Waals surface area contributed by atoms with E-state index in [-0.39, 0.29) is 24.8 Å². The molecule has 0 bridgehead atoms. The summed E-state index contributed by atoms with van der Waals surface area (Å²) in [6.45, 7) is 8.83. The average Bonchev–Trinajstić information content (AvgIpc) is 2.48. The van der Waals surface area contributed by atoms with E-state index in [9.17, 15) is 0 Å². The predicted octanol–water partition coefficient (Wildman–Crippen LogP) is 3.66. The van der Waals surface area contributed by atoms with Gasteiger partial charge in [0, 0.05) is 43.3 Å². The third-order valence-electron chi connectivity index (χ3n) is 3.40. The van der Waals surface area contributed by atoms with Crippen LogP contribution in [0.4, 0.5) is 0 Å². The van der Waals surface area contributed by atoms with Gasteiger partial charge >= 0.3 is 0 Å². The first kappa shape index (κ1) is 23.1. The van der Waals surface area contributed by atoms with Crippen LogP contribution < -0.4 is 10.1 Å². The number of benzene rings is 1. The molecule has 0 atom stereocenters. The molecule has 134 valence electrons. The smallest absolute Gasteiger partial charge is 0.142 e. The highest BCUT2D eigenvalue weighted by molar-refractivity contribution is 6.35. The van der Waals surface area contributed by atoms with E-state index in [4.69, 9.17) is 32.7 Å². The highest BCUT2D eigenvalue weighted by atomic mass is 35.5. The second-order valence-corrected chi connectivity index (χ2v) is 5.78. The number of ether oxygens (including phenoxy) is 2. The zero-order valence-corrected chi connectivity index (χ0v) is 16.3. The summed E-state index contributed by atoms with van der Waals surface area (Å²) in [5, 5.41) is 4.62. The van der Waals surface area contributed by atoms with Gasteiger partial charge in [0.05, 0.1) is 24.8 Å². The van der Waals surface area contributed by atoms with E-state index < -0.39 is 0 Å². The minimum absolute atomic E-state index is 0. The zero-order valence-electron chi connectivity index (χ0n) is 13.1. The molecule has 1 heterocycles. The van der Waals surface area contributed by atoms with Crippen molar-refractivity contribution in [1.82, 2.24) is 10.2 Å². The Hall–Kier alpha value is 0.0600. The van der Waals surface area contributed by atoms with Gasteiger partial charge in [-0.2, -0.15) is 0 Å². The Morgan fingerprint density at radius 1 is 1.22 bits per heavy atom. The Kier molecular flexibility index (Phi) is 12.5. The maximum atomic E-state index is 6.19. The molecule has 1 fully saturated rings. The van der Waals surface area contributed by atoms with Crippen molar-refractivity contribution in [3.8, 4) is 5.75 Å². The fourth-order valence-electron chi connectivity index (χ4n) is 2.34. The molecule has 0 unspecified atom stereocenters. The summed E-state index contributed by atoms with van der Waals surface area (Å²) in [5.74, 6) is 0.724. The van der Waals surface area contributed by atoms with Crippen molar-refractivity contribution < 1.29 is 9.47 Å². The zero-order chi connectivity index (χ0) is 15.1. The van der Waals surface area contributed by atoms with E-state index in [0.29, 0.717) is 23.2 Å². The molecule has 0 spiro atoms. The van der Waals surface area contributed by atoms with Gasteiger partial charge in [-0.3, -0.25) is 4.90 Å². The van der Waals surface area contributed by atoms with E-state index >= 15 is 0 Å². The average molecular weight is 406 g/mol. The lowest BCUT2D eigenvalue weighted by Crippen LogP contribution is -2.40. The summed E-state index contributed by atoms with van der Waals surface area (Å²) < 4.78 is 10.9. The number of morpholine rings is 1. The minimum atomic E-state index is 0. The lowest BCUT2D eigenvalue weighted by Gasteiger charge is -2.26. The second kappa shape index (κ2) is 12.4. The summed E-state index contributed by atoms with van der Waals surface area (Å²) in [7, 11) is 0. The highest BCUT2D eigenvalue weighted by Gasteiger charge is 2.12. The molecule has 1 aliphatic rings. The maximum absolute atomic E-state index is 6.19. The number of hydrogen-bond donors (Lipinski definition) is 1. The first-order valence-electron chi connectivity index (χ1n) is 7.32. The van der Waals surface area contributed by atoms with Gasteiger partial charge in [0.1, 0.15) is 5.75 Å². The quantitative estimate of drug-likeness (QED) is 0.702. The van der Waals surface area contributed by atoms with Crippen LogP contribution in [0.15, 0.2) is 12.1 Å². The third kappa shape index (κ3) is 7.65. The van der Waals surface area contributed by atoms with E-state index in [2.05, 4.69) is 10.2 Å². The van der Waals surface area contributed by atoms with E-state index in [0.717, 1.165) is 50.7 Å². The van der Waals surface area contributed by atoms with Gasteiger partial charge in [-0.1, -0.05) is 23.2 Å². The van der Waals surface area contributed by atoms with Crippen molar-refractivity contribution in [1.29, 1.82) is 0 Å². The second-order valence-electron chi connectivity index (χ2n) is 4.94. The minimum Gasteiger partial charge on any atom is -0.492 e. The predicted molar refractivity (Wildman–Crippen MR) is 101 cm³/mol. The van der Waals surface area contributed by atoms with Gasteiger partial charge in [0.25, 0.3) is 0 Å². The van der Waals surface area contributed by atoms with E-state index in [1.807, 2.05) is 13.0 Å². The Morgan fingerprint density at radius 2 is 1.91 bits per heavy atom. The van der Waals surface area contributed by atoms with Crippen molar-refractivity contribution in [3.63, 3.8) is 0 Å². The summed E-state index contributed by atoms with van der Waals surface area (Å²) >= 11 is 12.3. The van der Waals surface area contributed by atoms with E-state index in [1.165, 1.54) is 0 Å². The first-order chi connectivity index (χ1) is 10.2. The fourth-order valence-corrected chi connectivity index (χ4v) is 2.93. The van der Waals surface area contributed by atoms with Crippen LogP contribution in [0.1, 0.15) is 12.5 Å². The van der Waals surface area contributed by atoms with Crippen LogP contribution in [0.3, 0.4) is 0 Å². The molecule has 1 aromatic rings. The molecule has 8 heteroatoms. The molecule has 1 aromatic carbocycles. The summed E-state index contributed by atoms with van der Waals surface area (Å²) in [5.41, 5.74) is 0.997. The molecule has 1 aliphatic heterocycles. The van der Waals surface area contributed by atoms with Crippen molar-refractivity contribution in [2.75, 3.05) is 46.0 Å². The number of halogens is 4. The maximum Gasteiger partial charge on any atom is 0.142 e. The molecule has 0 aliphatic carbocycles. The number of rotatable bonds is 7. The number of hydrogen-bond acceptors (Lipinski definition) is 4. The van der Waals surface area contributed by atoms with Gasteiger partial charge in [0.15, 0.2) is 0 Å². The van der Waals surface area contributed by atoms with Gasteiger partial charge in [0.2, 0.25) is 0 Å².